The molecule has 7 nitrogen and oxygen atoms in total. The summed E-state index contributed by atoms with van der Waals surface area (Å²) in [5.74, 6) is -0.776. The second-order valence-electron chi connectivity index (χ2n) is 6.68. The molecule has 0 radical (unpaired) electrons. The zero-order valence-corrected chi connectivity index (χ0v) is 14.9. The Hall–Kier alpha value is -2.67. The summed E-state index contributed by atoms with van der Waals surface area (Å²) in [6, 6.07) is 9.19. The first-order valence-corrected chi connectivity index (χ1v) is 7.97. The van der Waals surface area contributed by atoms with Crippen molar-refractivity contribution in [3.05, 3.63) is 47.2 Å². The van der Waals surface area contributed by atoms with Crippen LogP contribution >= 0.6 is 0 Å². The van der Waals surface area contributed by atoms with Crippen LogP contribution in [0.1, 0.15) is 37.7 Å². The highest BCUT2D eigenvalue weighted by Gasteiger charge is 2.15. The highest BCUT2D eigenvalue weighted by Crippen LogP contribution is 2.13. The molecule has 0 aliphatic heterocycles. The van der Waals surface area contributed by atoms with Gasteiger partial charge in [0.05, 0.1) is 12.2 Å². The van der Waals surface area contributed by atoms with Crippen molar-refractivity contribution in [3.8, 4) is 0 Å². The number of hydrogen-bond donors (Lipinski definition) is 2. The van der Waals surface area contributed by atoms with Crippen molar-refractivity contribution in [1.82, 2.24) is 10.5 Å². The van der Waals surface area contributed by atoms with Gasteiger partial charge in [-0.2, -0.15) is 0 Å². The maximum atomic E-state index is 11.9. The van der Waals surface area contributed by atoms with Gasteiger partial charge >= 0.3 is 11.8 Å². The van der Waals surface area contributed by atoms with Crippen LogP contribution in [0.4, 0.5) is 5.82 Å². The van der Waals surface area contributed by atoms with Gasteiger partial charge in [-0.1, -0.05) is 29.4 Å². The van der Waals surface area contributed by atoms with Crippen molar-refractivity contribution in [2.75, 3.05) is 5.32 Å². The molecule has 7 heteroatoms. The van der Waals surface area contributed by atoms with E-state index in [1.54, 1.807) is 6.92 Å². The van der Waals surface area contributed by atoms with Gasteiger partial charge in [-0.05, 0) is 38.8 Å². The fourth-order valence-corrected chi connectivity index (χ4v) is 1.99. The molecule has 0 bridgehead atoms. The summed E-state index contributed by atoms with van der Waals surface area (Å²) in [4.78, 5) is 23.7. The van der Waals surface area contributed by atoms with Crippen LogP contribution in [0.5, 0.6) is 0 Å². The zero-order chi connectivity index (χ0) is 18.4. The van der Waals surface area contributed by atoms with Gasteiger partial charge in [0.1, 0.15) is 5.76 Å². The molecule has 0 atom stereocenters. The molecular weight excluding hydrogens is 322 g/mol. The van der Waals surface area contributed by atoms with Crippen LogP contribution in [0.2, 0.25) is 0 Å². The second kappa shape index (κ2) is 7.94. The first kappa shape index (κ1) is 18.7. The van der Waals surface area contributed by atoms with Crippen LogP contribution in [0.15, 0.2) is 34.9 Å². The van der Waals surface area contributed by atoms with E-state index in [-0.39, 0.29) is 18.0 Å². The highest BCUT2D eigenvalue weighted by molar-refractivity contribution is 6.39. The van der Waals surface area contributed by atoms with E-state index >= 15 is 0 Å². The molecule has 0 spiro atoms. The second-order valence-corrected chi connectivity index (χ2v) is 6.68. The van der Waals surface area contributed by atoms with E-state index in [0.29, 0.717) is 12.4 Å². The quantitative estimate of drug-likeness (QED) is 0.812. The van der Waals surface area contributed by atoms with E-state index in [0.717, 1.165) is 11.1 Å². The molecule has 0 saturated carbocycles. The molecule has 0 fully saturated rings. The molecule has 1 heterocycles. The fraction of sp³-hybridized carbons (Fsp3) is 0.389. The van der Waals surface area contributed by atoms with Crippen molar-refractivity contribution >= 4 is 17.6 Å². The SMILES string of the molecule is Cc1cc(NC(=O)C(=O)NCc2cccc(COC(C)(C)C)c2)no1. The standard InChI is InChI=1S/C18H23N3O4/c1-12-8-15(21-25-12)20-17(23)16(22)19-10-13-6-5-7-14(9-13)11-24-18(2,3)4/h5-9H,10-11H2,1-4H3,(H,19,22)(H,20,21,23). The number of carbonyl (C=O) groups is 2. The van der Waals surface area contributed by atoms with Crippen molar-refractivity contribution in [1.29, 1.82) is 0 Å². The molecule has 0 aliphatic rings. The third kappa shape index (κ3) is 6.39. The Morgan fingerprint density at radius 2 is 1.88 bits per heavy atom. The van der Waals surface area contributed by atoms with Gasteiger partial charge < -0.3 is 14.6 Å². The first-order chi connectivity index (χ1) is 11.7. The van der Waals surface area contributed by atoms with Crippen LogP contribution in [0.3, 0.4) is 0 Å². The fourth-order valence-electron chi connectivity index (χ4n) is 1.99. The van der Waals surface area contributed by atoms with Gasteiger partial charge in [0.2, 0.25) is 0 Å². The summed E-state index contributed by atoms with van der Waals surface area (Å²) in [7, 11) is 0. The van der Waals surface area contributed by atoms with E-state index in [2.05, 4.69) is 15.8 Å². The molecule has 0 unspecified atom stereocenters. The third-order valence-electron chi connectivity index (χ3n) is 3.19. The topological polar surface area (TPSA) is 93.5 Å². The summed E-state index contributed by atoms with van der Waals surface area (Å²) < 4.78 is 10.6. The number of nitrogens with zero attached hydrogens (tertiary/aromatic N) is 1. The summed E-state index contributed by atoms with van der Waals surface area (Å²) >= 11 is 0. The number of ether oxygens (including phenoxy) is 1. The van der Waals surface area contributed by atoms with Crippen molar-refractivity contribution in [2.24, 2.45) is 0 Å². The minimum absolute atomic E-state index is 0.207. The molecule has 2 amide bonds. The Kier molecular flexibility index (Phi) is 5.93. The molecule has 2 rings (SSSR count). The molecule has 25 heavy (non-hydrogen) atoms. The average molecular weight is 345 g/mol. The number of hydrogen-bond acceptors (Lipinski definition) is 5. The molecule has 0 aliphatic carbocycles. The van der Waals surface area contributed by atoms with E-state index < -0.39 is 11.8 Å². The van der Waals surface area contributed by atoms with Gasteiger partial charge in [-0.15, -0.1) is 0 Å². The summed E-state index contributed by atoms with van der Waals surface area (Å²) in [5.41, 5.74) is 1.67. The van der Waals surface area contributed by atoms with Gasteiger partial charge in [0.25, 0.3) is 0 Å². The van der Waals surface area contributed by atoms with Crippen LogP contribution in [0, 0.1) is 6.92 Å². The Labute approximate surface area is 146 Å². The van der Waals surface area contributed by atoms with E-state index in [4.69, 9.17) is 9.26 Å². The Balaban J connectivity index is 1.85. The van der Waals surface area contributed by atoms with Crippen LogP contribution in [-0.4, -0.2) is 22.6 Å². The highest BCUT2D eigenvalue weighted by atomic mass is 16.5. The summed E-state index contributed by atoms with van der Waals surface area (Å²) in [5, 5.41) is 8.55. The number of carbonyl (C=O) groups excluding carboxylic acids is 2. The first-order valence-electron chi connectivity index (χ1n) is 7.97. The zero-order valence-electron chi connectivity index (χ0n) is 14.9. The normalized spacial score (nSPS) is 11.2. The van der Waals surface area contributed by atoms with Crippen LogP contribution in [-0.2, 0) is 27.5 Å². The lowest BCUT2D eigenvalue weighted by molar-refractivity contribution is -0.136. The molecule has 0 saturated heterocycles. The lowest BCUT2D eigenvalue weighted by atomic mass is 10.1. The molecule has 1 aromatic carbocycles. The van der Waals surface area contributed by atoms with E-state index in [1.807, 2.05) is 45.0 Å². The minimum Gasteiger partial charge on any atom is -0.371 e. The minimum atomic E-state index is -0.791. The van der Waals surface area contributed by atoms with Gasteiger partial charge in [0, 0.05) is 12.6 Å². The predicted molar refractivity (Wildman–Crippen MR) is 92.7 cm³/mol. The van der Waals surface area contributed by atoms with Crippen molar-refractivity contribution in [3.63, 3.8) is 0 Å². The summed E-state index contributed by atoms with van der Waals surface area (Å²) in [6.45, 7) is 8.40. The van der Waals surface area contributed by atoms with Gasteiger partial charge in [0.15, 0.2) is 5.82 Å². The van der Waals surface area contributed by atoms with Crippen molar-refractivity contribution < 1.29 is 18.8 Å². The number of rotatable bonds is 5. The van der Waals surface area contributed by atoms with Gasteiger partial charge in [-0.3, -0.25) is 14.9 Å². The van der Waals surface area contributed by atoms with E-state index in [1.165, 1.54) is 6.07 Å². The third-order valence-corrected chi connectivity index (χ3v) is 3.19. The Morgan fingerprint density at radius 3 is 2.52 bits per heavy atom. The molecule has 2 N–H and O–H groups in total. The van der Waals surface area contributed by atoms with E-state index in [9.17, 15) is 9.59 Å². The molecule has 2 aromatic rings. The number of anilines is 1. The Bertz CT molecular complexity index is 747. The number of nitrogens with one attached hydrogen (secondary N) is 2. The smallest absolute Gasteiger partial charge is 0.314 e. The lowest BCUT2D eigenvalue weighted by Gasteiger charge is -2.19. The predicted octanol–water partition coefficient (Wildman–Crippen LogP) is 2.55. The average Bonchev–Trinajstić information content (AvgIpc) is 2.95. The van der Waals surface area contributed by atoms with Gasteiger partial charge in [-0.25, -0.2) is 0 Å². The molecular formula is C18H23N3O4. The maximum Gasteiger partial charge on any atom is 0.314 e. The monoisotopic (exact) mass is 345 g/mol. The summed E-state index contributed by atoms with van der Waals surface area (Å²) in [6.07, 6.45) is 0. The largest absolute Gasteiger partial charge is 0.371 e. The molecule has 1 aromatic heterocycles. The van der Waals surface area contributed by atoms with Crippen LogP contribution < -0.4 is 10.6 Å². The molecule has 134 valence electrons. The Morgan fingerprint density at radius 1 is 1.16 bits per heavy atom. The number of aromatic nitrogens is 1. The van der Waals surface area contributed by atoms with Crippen molar-refractivity contribution in [2.45, 2.75) is 46.4 Å². The number of amides is 2. The van der Waals surface area contributed by atoms with Crippen LogP contribution in [0.25, 0.3) is 0 Å². The maximum absolute atomic E-state index is 11.9. The lowest BCUT2D eigenvalue weighted by Crippen LogP contribution is -2.35. The number of aryl methyl sites for hydroxylation is 1. The number of benzene rings is 1.